The molecule has 6 heteroatoms. The Labute approximate surface area is 127 Å². The van der Waals surface area contributed by atoms with E-state index in [0.717, 1.165) is 22.2 Å². The van der Waals surface area contributed by atoms with Crippen molar-refractivity contribution in [1.29, 1.82) is 0 Å². The first kappa shape index (κ1) is 16.0. The van der Waals surface area contributed by atoms with Gasteiger partial charge in [-0.3, -0.25) is 0 Å². The fraction of sp³-hybridized carbons (Fsp3) is 0.200. The highest BCUT2D eigenvalue weighted by Gasteiger charge is 2.34. The number of alkyl halides is 3. The predicted molar refractivity (Wildman–Crippen MR) is 74.2 cm³/mol. The Morgan fingerprint density at radius 1 is 1.05 bits per heavy atom. The predicted octanol–water partition coefficient (Wildman–Crippen LogP) is 4.88. The van der Waals surface area contributed by atoms with Gasteiger partial charge in [-0.05, 0) is 35.4 Å². The molecule has 0 aliphatic rings. The molecule has 0 amide bonds. The van der Waals surface area contributed by atoms with Crippen LogP contribution < -0.4 is 0 Å². The lowest BCUT2D eigenvalue weighted by Gasteiger charge is -2.14. The number of halogens is 5. The third-order valence-corrected chi connectivity index (χ3v) is 3.55. The van der Waals surface area contributed by atoms with Crippen LogP contribution in [0.15, 0.2) is 46.9 Å². The normalized spacial score (nSPS) is 13.2. The Bertz CT molecular complexity index is 623. The maximum atomic E-state index is 13.2. The summed E-state index contributed by atoms with van der Waals surface area (Å²) in [5.74, 6) is -1.35. The molecule has 0 saturated carbocycles. The molecule has 0 aromatic heterocycles. The SMILES string of the molecule is OC(Cc1ccc(Br)cc1)c1ccc(F)c(C(F)(F)F)c1. The summed E-state index contributed by atoms with van der Waals surface area (Å²) in [6, 6.07) is 9.58. The number of hydrogen-bond acceptors (Lipinski definition) is 1. The van der Waals surface area contributed by atoms with Gasteiger partial charge in [0, 0.05) is 10.9 Å². The summed E-state index contributed by atoms with van der Waals surface area (Å²) in [6.07, 6.45) is -5.76. The van der Waals surface area contributed by atoms with Crippen molar-refractivity contribution >= 4 is 15.9 Å². The van der Waals surface area contributed by atoms with Gasteiger partial charge in [0.2, 0.25) is 0 Å². The summed E-state index contributed by atoms with van der Waals surface area (Å²) in [7, 11) is 0. The van der Waals surface area contributed by atoms with Crippen molar-refractivity contribution in [2.75, 3.05) is 0 Å². The van der Waals surface area contributed by atoms with Gasteiger partial charge in [-0.15, -0.1) is 0 Å². The van der Waals surface area contributed by atoms with Crippen molar-refractivity contribution in [3.63, 3.8) is 0 Å². The quantitative estimate of drug-likeness (QED) is 0.771. The van der Waals surface area contributed by atoms with Crippen LogP contribution in [0.1, 0.15) is 22.8 Å². The zero-order valence-corrected chi connectivity index (χ0v) is 12.2. The van der Waals surface area contributed by atoms with Gasteiger partial charge in [-0.25, -0.2) is 4.39 Å². The molecular weight excluding hydrogens is 352 g/mol. The smallest absolute Gasteiger partial charge is 0.388 e. The summed E-state index contributed by atoms with van der Waals surface area (Å²) in [5.41, 5.74) is -0.565. The maximum Gasteiger partial charge on any atom is 0.419 e. The molecule has 0 fully saturated rings. The van der Waals surface area contributed by atoms with E-state index in [1.807, 2.05) is 0 Å². The van der Waals surface area contributed by atoms with Crippen molar-refractivity contribution in [2.24, 2.45) is 0 Å². The average molecular weight is 363 g/mol. The van der Waals surface area contributed by atoms with Crippen molar-refractivity contribution in [1.82, 2.24) is 0 Å². The number of benzene rings is 2. The van der Waals surface area contributed by atoms with Crippen LogP contribution in [0.3, 0.4) is 0 Å². The number of rotatable bonds is 3. The summed E-state index contributed by atoms with van der Waals surface area (Å²) in [6.45, 7) is 0. The summed E-state index contributed by atoms with van der Waals surface area (Å²) in [5, 5.41) is 10.0. The Kier molecular flexibility index (Phi) is 4.68. The zero-order valence-electron chi connectivity index (χ0n) is 10.7. The van der Waals surface area contributed by atoms with E-state index < -0.39 is 23.7 Å². The van der Waals surface area contributed by atoms with Gasteiger partial charge in [0.1, 0.15) is 5.82 Å². The molecule has 0 bridgehead atoms. The van der Waals surface area contributed by atoms with Crippen LogP contribution in [0.25, 0.3) is 0 Å². The van der Waals surface area contributed by atoms with Crippen LogP contribution in [0.4, 0.5) is 17.6 Å². The minimum absolute atomic E-state index is 0.0339. The summed E-state index contributed by atoms with van der Waals surface area (Å²) in [4.78, 5) is 0. The van der Waals surface area contributed by atoms with Crippen molar-refractivity contribution in [2.45, 2.75) is 18.7 Å². The van der Waals surface area contributed by atoms with Crippen LogP contribution in [-0.4, -0.2) is 5.11 Å². The molecule has 2 aromatic rings. The Morgan fingerprint density at radius 2 is 1.67 bits per heavy atom. The lowest BCUT2D eigenvalue weighted by Crippen LogP contribution is -2.10. The molecule has 2 aromatic carbocycles. The monoisotopic (exact) mass is 362 g/mol. The van der Waals surface area contributed by atoms with Gasteiger partial charge in [0.25, 0.3) is 0 Å². The summed E-state index contributed by atoms with van der Waals surface area (Å²) < 4.78 is 52.0. The fourth-order valence-corrected chi connectivity index (χ4v) is 2.19. The molecule has 2 rings (SSSR count). The van der Waals surface area contributed by atoms with E-state index in [9.17, 15) is 22.7 Å². The van der Waals surface area contributed by atoms with E-state index in [1.165, 1.54) is 0 Å². The first-order chi connectivity index (χ1) is 9.77. The molecule has 0 heterocycles. The Balaban J connectivity index is 2.23. The second kappa shape index (κ2) is 6.15. The van der Waals surface area contributed by atoms with E-state index in [2.05, 4.69) is 15.9 Å². The van der Waals surface area contributed by atoms with Crippen molar-refractivity contribution in [3.8, 4) is 0 Å². The van der Waals surface area contributed by atoms with Gasteiger partial charge in [0.15, 0.2) is 0 Å². The first-order valence-corrected chi connectivity index (χ1v) is 6.86. The lowest BCUT2D eigenvalue weighted by molar-refractivity contribution is -0.140. The standard InChI is InChI=1S/C15H11BrF4O/c16-11-4-1-9(2-5-11)7-14(21)10-3-6-13(17)12(8-10)15(18,19)20/h1-6,8,14,21H,7H2. The molecule has 1 atom stereocenters. The first-order valence-electron chi connectivity index (χ1n) is 6.06. The highest BCUT2D eigenvalue weighted by molar-refractivity contribution is 9.10. The van der Waals surface area contributed by atoms with Gasteiger partial charge in [0.05, 0.1) is 11.7 Å². The van der Waals surface area contributed by atoms with Crippen LogP contribution >= 0.6 is 15.9 Å². The molecule has 0 aliphatic carbocycles. The molecule has 1 unspecified atom stereocenters. The molecule has 0 aliphatic heterocycles. The lowest BCUT2D eigenvalue weighted by atomic mass is 9.99. The average Bonchev–Trinajstić information content (AvgIpc) is 2.40. The third kappa shape index (κ3) is 4.04. The minimum Gasteiger partial charge on any atom is -0.388 e. The van der Waals surface area contributed by atoms with Gasteiger partial charge >= 0.3 is 6.18 Å². The van der Waals surface area contributed by atoms with Crippen molar-refractivity contribution in [3.05, 3.63) is 69.4 Å². The van der Waals surface area contributed by atoms with Crippen LogP contribution in [0, 0.1) is 5.82 Å². The molecule has 0 saturated heterocycles. The Morgan fingerprint density at radius 3 is 2.24 bits per heavy atom. The van der Waals surface area contributed by atoms with E-state index in [1.54, 1.807) is 24.3 Å². The third-order valence-electron chi connectivity index (χ3n) is 3.02. The molecule has 0 radical (unpaired) electrons. The number of aliphatic hydroxyl groups excluding tert-OH is 1. The van der Waals surface area contributed by atoms with Crippen LogP contribution in [-0.2, 0) is 12.6 Å². The number of aliphatic hydroxyl groups is 1. The van der Waals surface area contributed by atoms with E-state index in [0.29, 0.717) is 6.07 Å². The molecule has 1 nitrogen and oxygen atoms in total. The van der Waals surface area contributed by atoms with E-state index >= 15 is 0 Å². The highest BCUT2D eigenvalue weighted by Crippen LogP contribution is 2.33. The summed E-state index contributed by atoms with van der Waals surface area (Å²) >= 11 is 3.27. The van der Waals surface area contributed by atoms with E-state index in [4.69, 9.17) is 0 Å². The van der Waals surface area contributed by atoms with Gasteiger partial charge < -0.3 is 5.11 Å². The second-order valence-electron chi connectivity index (χ2n) is 4.58. The molecule has 21 heavy (non-hydrogen) atoms. The van der Waals surface area contributed by atoms with Crippen molar-refractivity contribution < 1.29 is 22.7 Å². The molecular formula is C15H11BrF4O. The largest absolute Gasteiger partial charge is 0.419 e. The van der Waals surface area contributed by atoms with Crippen LogP contribution in [0.5, 0.6) is 0 Å². The molecule has 0 spiro atoms. The van der Waals surface area contributed by atoms with Crippen LogP contribution in [0.2, 0.25) is 0 Å². The van der Waals surface area contributed by atoms with E-state index in [-0.39, 0.29) is 12.0 Å². The topological polar surface area (TPSA) is 20.2 Å². The molecule has 112 valence electrons. The van der Waals surface area contributed by atoms with Gasteiger partial charge in [-0.2, -0.15) is 13.2 Å². The second-order valence-corrected chi connectivity index (χ2v) is 5.50. The minimum atomic E-state index is -4.78. The maximum absolute atomic E-state index is 13.2. The number of hydrogen-bond donors (Lipinski definition) is 1. The zero-order chi connectivity index (χ0) is 15.6. The Hall–Kier alpha value is -1.40. The molecule has 1 N–H and O–H groups in total. The highest BCUT2D eigenvalue weighted by atomic mass is 79.9. The van der Waals surface area contributed by atoms with Gasteiger partial charge in [-0.1, -0.05) is 34.1 Å². The fourth-order valence-electron chi connectivity index (χ4n) is 1.93.